The largest absolute Gasteiger partial charge is 0.469 e. The highest BCUT2D eigenvalue weighted by atomic mass is 32.2. The first-order chi connectivity index (χ1) is 21.2. The molecule has 0 aliphatic carbocycles. The van der Waals surface area contributed by atoms with E-state index in [4.69, 9.17) is 28.2 Å². The zero-order chi connectivity index (χ0) is 35.8. The van der Waals surface area contributed by atoms with E-state index in [0.717, 1.165) is 25.7 Å². The molecule has 0 saturated carbocycles. The molecule has 0 aromatic carbocycles. The first-order valence-electron chi connectivity index (χ1n) is 16.2. The molecule has 0 aliphatic rings. The summed E-state index contributed by atoms with van der Waals surface area (Å²) in [6, 6.07) is 0. The normalized spacial score (nSPS) is 16.7. The number of rotatable bonds is 24. The van der Waals surface area contributed by atoms with Crippen LogP contribution in [0.1, 0.15) is 113 Å². The lowest BCUT2D eigenvalue weighted by molar-refractivity contribution is -0.172. The predicted octanol–water partition coefficient (Wildman–Crippen LogP) is 5.56. The van der Waals surface area contributed by atoms with Crippen LogP contribution in [0.3, 0.4) is 0 Å². The van der Waals surface area contributed by atoms with Crippen molar-refractivity contribution in [2.24, 2.45) is 27.6 Å². The van der Waals surface area contributed by atoms with Gasteiger partial charge in [0.25, 0.3) is 10.1 Å². The van der Waals surface area contributed by atoms with Gasteiger partial charge in [-0.3, -0.25) is 23.7 Å². The van der Waals surface area contributed by atoms with Gasteiger partial charge in [-0.1, -0.05) is 40.0 Å². The average molecular weight is 681 g/mol. The topological polar surface area (TPSA) is 169 Å². The second-order valence-electron chi connectivity index (χ2n) is 13.9. The van der Waals surface area contributed by atoms with E-state index in [1.165, 1.54) is 14.2 Å². The summed E-state index contributed by atoms with van der Waals surface area (Å²) in [5.74, 6) is -2.85. The number of esters is 4. The number of methoxy groups -OCH3 is 2. The van der Waals surface area contributed by atoms with Crippen molar-refractivity contribution in [3.05, 3.63) is 0 Å². The Hall–Kier alpha value is -2.25. The molecule has 46 heavy (non-hydrogen) atoms. The van der Waals surface area contributed by atoms with Crippen molar-refractivity contribution in [2.45, 2.75) is 113 Å². The van der Waals surface area contributed by atoms with Gasteiger partial charge in [0, 0.05) is 7.11 Å². The number of carbonyl (C=O) groups is 4. The number of carbonyl (C=O) groups excluding carboxylic acids is 4. The lowest BCUT2D eigenvalue weighted by atomic mass is 9.61. The maximum absolute atomic E-state index is 14.1. The Morgan fingerprint density at radius 2 is 1.24 bits per heavy atom. The molecule has 0 aromatic heterocycles. The van der Waals surface area contributed by atoms with Crippen LogP contribution in [-0.2, 0) is 53.0 Å². The van der Waals surface area contributed by atoms with E-state index < -0.39 is 61.4 Å². The standard InChI is InChI=1S/C33H60O12S/c1-11-14-16-25(12-2)21-45-29(37)32(7,22-30(4,5)26(34)43-17-15-20-46(38,39)40)24-33(8,28(36)44-19-18-41-9)23-31(6,13-3)27(35)42-10/h25H,11-24H2,1-10H3,(H,38,39,40). The fourth-order valence-corrected chi connectivity index (χ4v) is 6.51. The van der Waals surface area contributed by atoms with Crippen LogP contribution in [0, 0.1) is 27.6 Å². The van der Waals surface area contributed by atoms with Gasteiger partial charge in [0.05, 0.1) is 54.3 Å². The van der Waals surface area contributed by atoms with Gasteiger partial charge in [0.15, 0.2) is 0 Å². The molecular weight excluding hydrogens is 620 g/mol. The number of unbranched alkanes of at least 4 members (excludes halogenated alkanes) is 1. The molecule has 0 heterocycles. The van der Waals surface area contributed by atoms with Gasteiger partial charge in [-0.25, -0.2) is 0 Å². The molecule has 1 N–H and O–H groups in total. The highest BCUT2D eigenvalue weighted by Gasteiger charge is 2.53. The summed E-state index contributed by atoms with van der Waals surface area (Å²) in [7, 11) is -1.47. The molecule has 0 aliphatic heterocycles. The molecule has 0 spiro atoms. The van der Waals surface area contributed by atoms with Crippen molar-refractivity contribution in [2.75, 3.05) is 46.4 Å². The Balaban J connectivity index is 6.67. The zero-order valence-electron chi connectivity index (χ0n) is 29.8. The van der Waals surface area contributed by atoms with Crippen molar-refractivity contribution in [1.82, 2.24) is 0 Å². The summed E-state index contributed by atoms with van der Waals surface area (Å²) < 4.78 is 58.1. The van der Waals surface area contributed by atoms with Crippen LogP contribution in [-0.4, -0.2) is 83.2 Å². The van der Waals surface area contributed by atoms with Gasteiger partial charge < -0.3 is 23.7 Å². The van der Waals surface area contributed by atoms with E-state index >= 15 is 0 Å². The lowest BCUT2D eigenvalue weighted by Crippen LogP contribution is -2.47. The van der Waals surface area contributed by atoms with Gasteiger partial charge in [-0.05, 0) is 79.1 Å². The molecule has 4 unspecified atom stereocenters. The third-order valence-corrected chi connectivity index (χ3v) is 9.49. The summed E-state index contributed by atoms with van der Waals surface area (Å²) in [6.45, 7) is 14.1. The zero-order valence-corrected chi connectivity index (χ0v) is 30.6. The van der Waals surface area contributed by atoms with Crippen LogP contribution in [0.25, 0.3) is 0 Å². The van der Waals surface area contributed by atoms with Crippen molar-refractivity contribution in [3.8, 4) is 0 Å². The highest BCUT2D eigenvalue weighted by molar-refractivity contribution is 7.85. The van der Waals surface area contributed by atoms with Crippen LogP contribution in [0.15, 0.2) is 0 Å². The fraction of sp³-hybridized carbons (Fsp3) is 0.879. The number of hydrogen-bond donors (Lipinski definition) is 1. The SMILES string of the molecule is CCCCC(CC)COC(=O)C(C)(CC(C)(C)C(=O)OCCCS(=O)(=O)O)CC(C)(CC(C)(CC)C(=O)OC)C(=O)OCCOC. The van der Waals surface area contributed by atoms with E-state index in [2.05, 4.69) is 6.92 Å². The first kappa shape index (κ1) is 43.8. The van der Waals surface area contributed by atoms with Gasteiger partial charge in [0.1, 0.15) is 6.61 Å². The second kappa shape index (κ2) is 19.5. The Morgan fingerprint density at radius 1 is 0.696 bits per heavy atom. The van der Waals surface area contributed by atoms with Crippen LogP contribution >= 0.6 is 0 Å². The summed E-state index contributed by atoms with van der Waals surface area (Å²) in [5, 5.41) is 0. The molecule has 0 aromatic rings. The molecule has 12 nitrogen and oxygen atoms in total. The van der Waals surface area contributed by atoms with Crippen LogP contribution in [0.2, 0.25) is 0 Å². The summed E-state index contributed by atoms with van der Waals surface area (Å²) in [6.07, 6.45) is 3.70. The third-order valence-electron chi connectivity index (χ3n) is 8.68. The Bertz CT molecular complexity index is 1090. The molecule has 0 rings (SSSR count). The molecule has 0 amide bonds. The molecule has 0 saturated heterocycles. The van der Waals surface area contributed by atoms with E-state index in [9.17, 15) is 27.6 Å². The fourth-order valence-electron chi connectivity index (χ4n) is 6.03. The van der Waals surface area contributed by atoms with E-state index in [1.807, 2.05) is 13.8 Å². The molecule has 0 radical (unpaired) electrons. The van der Waals surface area contributed by atoms with Gasteiger partial charge >= 0.3 is 23.9 Å². The van der Waals surface area contributed by atoms with Gasteiger partial charge in [0.2, 0.25) is 0 Å². The molecule has 0 bridgehead atoms. The monoisotopic (exact) mass is 680 g/mol. The molecule has 13 heteroatoms. The first-order valence-corrected chi connectivity index (χ1v) is 17.8. The molecule has 270 valence electrons. The quantitative estimate of drug-likeness (QED) is 0.0584. The van der Waals surface area contributed by atoms with Crippen LogP contribution < -0.4 is 0 Å². The molecule has 4 atom stereocenters. The number of ether oxygens (including phenoxy) is 5. The maximum Gasteiger partial charge on any atom is 0.311 e. The van der Waals surface area contributed by atoms with Crippen LogP contribution in [0.4, 0.5) is 0 Å². The van der Waals surface area contributed by atoms with Crippen LogP contribution in [0.5, 0.6) is 0 Å². The minimum Gasteiger partial charge on any atom is -0.469 e. The van der Waals surface area contributed by atoms with Crippen molar-refractivity contribution >= 4 is 34.0 Å². The van der Waals surface area contributed by atoms with E-state index in [0.29, 0.717) is 6.42 Å². The average Bonchev–Trinajstić information content (AvgIpc) is 2.97. The predicted molar refractivity (Wildman–Crippen MR) is 173 cm³/mol. The van der Waals surface area contributed by atoms with E-state index in [1.54, 1.807) is 34.6 Å². The second-order valence-corrected chi connectivity index (χ2v) is 15.4. The molecule has 0 fully saturated rings. The number of hydrogen-bond acceptors (Lipinski definition) is 11. The van der Waals surface area contributed by atoms with Gasteiger partial charge in [-0.2, -0.15) is 8.42 Å². The third kappa shape index (κ3) is 14.7. The Morgan fingerprint density at radius 3 is 1.74 bits per heavy atom. The van der Waals surface area contributed by atoms with Crippen molar-refractivity contribution in [1.29, 1.82) is 0 Å². The van der Waals surface area contributed by atoms with E-state index in [-0.39, 0.29) is 58.0 Å². The van der Waals surface area contributed by atoms with Crippen molar-refractivity contribution in [3.63, 3.8) is 0 Å². The summed E-state index contributed by atoms with van der Waals surface area (Å²) in [4.78, 5) is 54.0. The summed E-state index contributed by atoms with van der Waals surface area (Å²) >= 11 is 0. The lowest BCUT2D eigenvalue weighted by Gasteiger charge is -2.42. The van der Waals surface area contributed by atoms with Gasteiger partial charge in [-0.15, -0.1) is 0 Å². The minimum absolute atomic E-state index is 0.00749. The minimum atomic E-state index is -4.22. The maximum atomic E-state index is 14.1. The Labute approximate surface area is 276 Å². The smallest absolute Gasteiger partial charge is 0.311 e. The highest BCUT2D eigenvalue weighted by Crippen LogP contribution is 2.49. The van der Waals surface area contributed by atoms with Crippen molar-refractivity contribution < 1.29 is 55.8 Å². The Kier molecular flexibility index (Phi) is 18.6. The molecular formula is C33H60O12S. The summed E-state index contributed by atoms with van der Waals surface area (Å²) in [5.41, 5.74) is -5.21.